The number of sulfonamides is 1. The van der Waals surface area contributed by atoms with Gasteiger partial charge < -0.3 is 10.1 Å². The summed E-state index contributed by atoms with van der Waals surface area (Å²) in [6.07, 6.45) is 0. The minimum absolute atomic E-state index is 0.0363. The zero-order chi connectivity index (χ0) is 20.9. The molecule has 6 nitrogen and oxygen atoms in total. The Morgan fingerprint density at radius 3 is 2.41 bits per heavy atom. The van der Waals surface area contributed by atoms with Crippen molar-refractivity contribution in [3.05, 3.63) is 81.5 Å². The molecule has 1 heterocycles. The van der Waals surface area contributed by atoms with Gasteiger partial charge in [0.25, 0.3) is 15.9 Å². The minimum Gasteiger partial charge on any atom is -0.380 e. The topological polar surface area (TPSA) is 84.5 Å². The third kappa shape index (κ3) is 5.23. The molecule has 0 radical (unpaired) electrons. The zero-order valence-electron chi connectivity index (χ0n) is 16.1. The molecule has 0 saturated heterocycles. The van der Waals surface area contributed by atoms with E-state index in [1.807, 2.05) is 43.3 Å². The van der Waals surface area contributed by atoms with Gasteiger partial charge in [0, 0.05) is 19.3 Å². The molecule has 2 aromatic carbocycles. The number of benzene rings is 2. The van der Waals surface area contributed by atoms with Crippen LogP contribution in [0.3, 0.4) is 0 Å². The second-order valence-electron chi connectivity index (χ2n) is 6.47. The molecule has 0 aliphatic rings. The smallest absolute Gasteiger partial charge is 0.263 e. The number of anilines is 1. The minimum atomic E-state index is -3.88. The van der Waals surface area contributed by atoms with E-state index >= 15 is 0 Å². The number of aryl methyl sites for hydroxylation is 1. The SMILES string of the molecule is COCc1ccccc1CNC(=O)c1sccc1S(=O)(=O)Nc1ccc(C)cc1. The van der Waals surface area contributed by atoms with Crippen LogP contribution in [0.1, 0.15) is 26.4 Å². The number of thiophene rings is 1. The summed E-state index contributed by atoms with van der Waals surface area (Å²) < 4.78 is 33.3. The molecule has 0 unspecified atom stereocenters. The van der Waals surface area contributed by atoms with Crippen molar-refractivity contribution < 1.29 is 17.9 Å². The van der Waals surface area contributed by atoms with Gasteiger partial charge in [0.2, 0.25) is 0 Å². The van der Waals surface area contributed by atoms with Crippen molar-refractivity contribution in [2.75, 3.05) is 11.8 Å². The van der Waals surface area contributed by atoms with Gasteiger partial charge in [-0.05, 0) is 41.6 Å². The Labute approximate surface area is 174 Å². The normalized spacial score (nSPS) is 11.2. The van der Waals surface area contributed by atoms with E-state index in [2.05, 4.69) is 10.0 Å². The molecule has 8 heteroatoms. The predicted octanol–water partition coefficient (Wildman–Crippen LogP) is 3.93. The first-order chi connectivity index (χ1) is 13.9. The van der Waals surface area contributed by atoms with Crippen molar-refractivity contribution >= 4 is 33.0 Å². The van der Waals surface area contributed by atoms with Crippen molar-refractivity contribution in [3.8, 4) is 0 Å². The highest BCUT2D eigenvalue weighted by Gasteiger charge is 2.24. The quantitative estimate of drug-likeness (QED) is 0.567. The Kier molecular flexibility index (Phi) is 6.68. The number of hydrogen-bond acceptors (Lipinski definition) is 5. The Balaban J connectivity index is 1.75. The molecule has 3 aromatic rings. The predicted molar refractivity (Wildman–Crippen MR) is 115 cm³/mol. The Morgan fingerprint density at radius 1 is 1.03 bits per heavy atom. The number of nitrogens with one attached hydrogen (secondary N) is 2. The molecule has 1 aromatic heterocycles. The van der Waals surface area contributed by atoms with E-state index in [1.165, 1.54) is 6.07 Å². The lowest BCUT2D eigenvalue weighted by Gasteiger charge is -2.11. The number of hydrogen-bond donors (Lipinski definition) is 2. The Hall–Kier alpha value is -2.68. The molecule has 29 heavy (non-hydrogen) atoms. The van der Waals surface area contributed by atoms with E-state index in [4.69, 9.17) is 4.74 Å². The molecule has 0 aliphatic carbocycles. The van der Waals surface area contributed by atoms with Gasteiger partial charge in [-0.15, -0.1) is 11.3 Å². The van der Waals surface area contributed by atoms with Gasteiger partial charge in [-0.2, -0.15) is 0 Å². The monoisotopic (exact) mass is 430 g/mol. The average Bonchev–Trinajstić information content (AvgIpc) is 3.20. The Morgan fingerprint density at radius 2 is 1.72 bits per heavy atom. The van der Waals surface area contributed by atoms with Crippen molar-refractivity contribution in [2.24, 2.45) is 0 Å². The highest BCUT2D eigenvalue weighted by molar-refractivity contribution is 7.93. The molecule has 3 rings (SSSR count). The number of carbonyl (C=O) groups is 1. The first-order valence-electron chi connectivity index (χ1n) is 8.91. The van der Waals surface area contributed by atoms with Gasteiger partial charge in [-0.3, -0.25) is 9.52 Å². The first-order valence-corrected chi connectivity index (χ1v) is 11.3. The summed E-state index contributed by atoms with van der Waals surface area (Å²) in [7, 11) is -2.27. The van der Waals surface area contributed by atoms with Crippen LogP contribution in [0.5, 0.6) is 0 Å². The van der Waals surface area contributed by atoms with Crippen molar-refractivity contribution in [1.82, 2.24) is 5.32 Å². The molecule has 0 fully saturated rings. The number of rotatable bonds is 8. The second kappa shape index (κ2) is 9.21. The molecule has 0 aliphatic heterocycles. The van der Waals surface area contributed by atoms with E-state index < -0.39 is 15.9 Å². The maximum absolute atomic E-state index is 12.8. The summed E-state index contributed by atoms with van der Waals surface area (Å²) in [4.78, 5) is 12.8. The van der Waals surface area contributed by atoms with Crippen LogP contribution >= 0.6 is 11.3 Å². The van der Waals surface area contributed by atoms with E-state index in [0.717, 1.165) is 28.0 Å². The van der Waals surface area contributed by atoms with Crippen LogP contribution in [-0.2, 0) is 27.9 Å². The number of ether oxygens (including phenoxy) is 1. The second-order valence-corrected chi connectivity index (χ2v) is 9.04. The fraction of sp³-hybridized carbons (Fsp3) is 0.190. The van der Waals surface area contributed by atoms with E-state index in [9.17, 15) is 13.2 Å². The van der Waals surface area contributed by atoms with E-state index in [-0.39, 0.29) is 16.3 Å². The zero-order valence-corrected chi connectivity index (χ0v) is 17.8. The molecule has 2 N–H and O–H groups in total. The summed E-state index contributed by atoms with van der Waals surface area (Å²) in [6.45, 7) is 2.64. The van der Waals surface area contributed by atoms with E-state index in [0.29, 0.717) is 12.3 Å². The Bertz CT molecular complexity index is 1090. The molecule has 1 amide bonds. The molecular weight excluding hydrogens is 408 g/mol. The molecule has 152 valence electrons. The highest BCUT2D eigenvalue weighted by atomic mass is 32.2. The van der Waals surface area contributed by atoms with Crippen LogP contribution in [0.4, 0.5) is 5.69 Å². The lowest BCUT2D eigenvalue weighted by molar-refractivity contribution is 0.0951. The summed E-state index contributed by atoms with van der Waals surface area (Å²) in [5, 5.41) is 4.40. The fourth-order valence-corrected chi connectivity index (χ4v) is 5.19. The molecule has 0 atom stereocenters. The van der Waals surface area contributed by atoms with Crippen LogP contribution in [0, 0.1) is 6.92 Å². The molecule has 0 bridgehead atoms. The molecule has 0 spiro atoms. The molecule has 0 saturated carbocycles. The average molecular weight is 431 g/mol. The van der Waals surface area contributed by atoms with Crippen LogP contribution in [0.25, 0.3) is 0 Å². The van der Waals surface area contributed by atoms with Crippen LogP contribution in [-0.4, -0.2) is 21.4 Å². The van der Waals surface area contributed by atoms with E-state index in [1.54, 1.807) is 24.6 Å². The third-order valence-corrected chi connectivity index (χ3v) is 6.75. The fourth-order valence-electron chi connectivity index (χ4n) is 2.79. The van der Waals surface area contributed by atoms with Gasteiger partial charge in [0.05, 0.1) is 6.61 Å². The van der Waals surface area contributed by atoms with Gasteiger partial charge in [0.1, 0.15) is 9.77 Å². The maximum atomic E-state index is 12.8. The van der Waals surface area contributed by atoms with Crippen LogP contribution in [0.2, 0.25) is 0 Å². The lowest BCUT2D eigenvalue weighted by atomic mass is 10.1. The standard InChI is InChI=1S/C21H22N2O4S2/c1-15-7-9-18(10-8-15)23-29(25,26)19-11-12-28-20(19)21(24)22-13-16-5-3-4-6-17(16)14-27-2/h3-12,23H,13-14H2,1-2H3,(H,22,24). The number of methoxy groups -OCH3 is 1. The summed E-state index contributed by atoms with van der Waals surface area (Å²) in [5.41, 5.74) is 3.36. The van der Waals surface area contributed by atoms with Gasteiger partial charge in [-0.1, -0.05) is 42.0 Å². The van der Waals surface area contributed by atoms with Gasteiger partial charge in [0.15, 0.2) is 0 Å². The van der Waals surface area contributed by atoms with Crippen molar-refractivity contribution in [1.29, 1.82) is 0 Å². The molecular formula is C21H22N2O4S2. The van der Waals surface area contributed by atoms with Crippen LogP contribution in [0.15, 0.2) is 64.9 Å². The summed E-state index contributed by atoms with van der Waals surface area (Å²) in [6, 6.07) is 16.1. The number of amides is 1. The van der Waals surface area contributed by atoms with Crippen LogP contribution < -0.4 is 10.0 Å². The maximum Gasteiger partial charge on any atom is 0.263 e. The first kappa shape index (κ1) is 21.0. The summed E-state index contributed by atoms with van der Waals surface area (Å²) in [5.74, 6) is -0.434. The highest BCUT2D eigenvalue weighted by Crippen LogP contribution is 2.25. The largest absolute Gasteiger partial charge is 0.380 e. The van der Waals surface area contributed by atoms with Crippen molar-refractivity contribution in [2.45, 2.75) is 25.0 Å². The third-order valence-electron chi connectivity index (χ3n) is 4.29. The van der Waals surface area contributed by atoms with Gasteiger partial charge >= 0.3 is 0 Å². The number of carbonyl (C=O) groups excluding carboxylic acids is 1. The van der Waals surface area contributed by atoms with Crippen molar-refractivity contribution in [3.63, 3.8) is 0 Å². The summed E-state index contributed by atoms with van der Waals surface area (Å²) >= 11 is 1.09. The lowest BCUT2D eigenvalue weighted by Crippen LogP contribution is -2.25. The van der Waals surface area contributed by atoms with Gasteiger partial charge in [-0.25, -0.2) is 8.42 Å².